The highest BCUT2D eigenvalue weighted by Crippen LogP contribution is 2.19. The monoisotopic (exact) mass is 238 g/mol. The maximum Gasteiger partial charge on any atom is 0.292 e. The van der Waals surface area contributed by atoms with Gasteiger partial charge in [0.1, 0.15) is 0 Å². The zero-order valence-electron chi connectivity index (χ0n) is 10.1. The van der Waals surface area contributed by atoms with E-state index >= 15 is 0 Å². The molecule has 0 aromatic carbocycles. The zero-order valence-corrected chi connectivity index (χ0v) is 10.1. The van der Waals surface area contributed by atoms with Crippen molar-refractivity contribution in [1.82, 2.24) is 15.5 Å². The highest BCUT2D eigenvalue weighted by Gasteiger charge is 2.26. The van der Waals surface area contributed by atoms with Crippen LogP contribution < -0.4 is 11.1 Å². The van der Waals surface area contributed by atoms with Gasteiger partial charge in [-0.1, -0.05) is 19.0 Å². The standard InChI is InChI=1S/C11H18N4O2/c1-6(2)8(12)5-9-14-10(15-17-9)11(16)13-7-3-4-7/h6-8H,3-5,12H2,1-2H3,(H,13,16). The van der Waals surface area contributed by atoms with Gasteiger partial charge in [0.2, 0.25) is 5.89 Å². The Kier molecular flexibility index (Phi) is 3.42. The maximum atomic E-state index is 11.6. The van der Waals surface area contributed by atoms with Crippen LogP contribution in [-0.2, 0) is 6.42 Å². The second kappa shape index (κ2) is 4.83. The Morgan fingerprint density at radius 1 is 1.59 bits per heavy atom. The molecule has 1 saturated carbocycles. The van der Waals surface area contributed by atoms with Gasteiger partial charge in [0.25, 0.3) is 11.7 Å². The quantitative estimate of drug-likeness (QED) is 0.778. The fourth-order valence-electron chi connectivity index (χ4n) is 1.34. The third kappa shape index (κ3) is 3.26. The van der Waals surface area contributed by atoms with E-state index in [1.807, 2.05) is 13.8 Å². The summed E-state index contributed by atoms with van der Waals surface area (Å²) in [5, 5.41) is 6.46. The summed E-state index contributed by atoms with van der Waals surface area (Å²) in [7, 11) is 0. The van der Waals surface area contributed by atoms with E-state index in [9.17, 15) is 4.79 Å². The van der Waals surface area contributed by atoms with Crippen LogP contribution in [0.3, 0.4) is 0 Å². The third-order valence-corrected chi connectivity index (χ3v) is 2.85. The number of nitrogens with zero attached hydrogens (tertiary/aromatic N) is 2. The van der Waals surface area contributed by atoms with Crippen molar-refractivity contribution < 1.29 is 9.32 Å². The molecule has 1 unspecified atom stereocenters. The molecule has 1 aliphatic carbocycles. The predicted octanol–water partition coefficient (Wildman–Crippen LogP) is 0.488. The SMILES string of the molecule is CC(C)C(N)Cc1nc(C(=O)NC2CC2)no1. The number of rotatable bonds is 5. The van der Waals surface area contributed by atoms with Crippen molar-refractivity contribution in [3.05, 3.63) is 11.7 Å². The summed E-state index contributed by atoms with van der Waals surface area (Å²) < 4.78 is 5.01. The molecule has 0 aliphatic heterocycles. The second-order valence-electron chi connectivity index (χ2n) is 4.87. The molecule has 0 bridgehead atoms. The Labute approximate surface area is 99.9 Å². The summed E-state index contributed by atoms with van der Waals surface area (Å²) in [6.07, 6.45) is 2.57. The van der Waals surface area contributed by atoms with Crippen molar-refractivity contribution in [3.8, 4) is 0 Å². The van der Waals surface area contributed by atoms with E-state index in [2.05, 4.69) is 15.5 Å². The van der Waals surface area contributed by atoms with Gasteiger partial charge in [0.15, 0.2) is 0 Å². The fraction of sp³-hybridized carbons (Fsp3) is 0.727. The molecule has 1 fully saturated rings. The lowest BCUT2D eigenvalue weighted by Crippen LogP contribution is -2.29. The average molecular weight is 238 g/mol. The minimum Gasteiger partial charge on any atom is -0.346 e. The number of hydrogen-bond donors (Lipinski definition) is 2. The van der Waals surface area contributed by atoms with E-state index in [1.165, 1.54) is 0 Å². The number of hydrogen-bond acceptors (Lipinski definition) is 5. The van der Waals surface area contributed by atoms with E-state index in [0.717, 1.165) is 12.8 Å². The number of amides is 1. The smallest absolute Gasteiger partial charge is 0.292 e. The first kappa shape index (κ1) is 12.0. The maximum absolute atomic E-state index is 11.6. The Balaban J connectivity index is 1.92. The summed E-state index contributed by atoms with van der Waals surface area (Å²) in [4.78, 5) is 15.6. The van der Waals surface area contributed by atoms with Crippen molar-refractivity contribution in [2.24, 2.45) is 11.7 Å². The molecule has 1 aromatic rings. The molecular formula is C11H18N4O2. The zero-order chi connectivity index (χ0) is 12.4. The van der Waals surface area contributed by atoms with Crippen LogP contribution in [0.4, 0.5) is 0 Å². The molecule has 0 radical (unpaired) electrons. The summed E-state index contributed by atoms with van der Waals surface area (Å²) >= 11 is 0. The lowest BCUT2D eigenvalue weighted by Gasteiger charge is -2.11. The van der Waals surface area contributed by atoms with E-state index in [0.29, 0.717) is 24.3 Å². The summed E-state index contributed by atoms with van der Waals surface area (Å²) in [5.41, 5.74) is 5.90. The highest BCUT2D eigenvalue weighted by molar-refractivity contribution is 5.90. The molecule has 1 atom stereocenters. The first-order valence-corrected chi connectivity index (χ1v) is 5.95. The molecule has 0 spiro atoms. The molecule has 94 valence electrons. The van der Waals surface area contributed by atoms with Gasteiger partial charge in [-0.05, 0) is 18.8 Å². The minimum absolute atomic E-state index is 0.0326. The van der Waals surface area contributed by atoms with Crippen LogP contribution in [0, 0.1) is 5.92 Å². The second-order valence-corrected chi connectivity index (χ2v) is 4.87. The van der Waals surface area contributed by atoms with Crippen molar-refractivity contribution >= 4 is 5.91 Å². The highest BCUT2D eigenvalue weighted by atomic mass is 16.5. The number of aromatic nitrogens is 2. The van der Waals surface area contributed by atoms with Crippen LogP contribution in [0.25, 0.3) is 0 Å². The normalized spacial score (nSPS) is 17.2. The average Bonchev–Trinajstić information content (AvgIpc) is 2.95. The van der Waals surface area contributed by atoms with Gasteiger partial charge in [-0.25, -0.2) is 0 Å². The number of nitrogens with two attached hydrogens (primary N) is 1. The minimum atomic E-state index is -0.263. The van der Waals surface area contributed by atoms with E-state index in [1.54, 1.807) is 0 Å². The Hall–Kier alpha value is -1.43. The van der Waals surface area contributed by atoms with Crippen molar-refractivity contribution in [2.45, 2.75) is 45.2 Å². The largest absolute Gasteiger partial charge is 0.346 e. The van der Waals surface area contributed by atoms with Gasteiger partial charge in [-0.3, -0.25) is 4.79 Å². The van der Waals surface area contributed by atoms with Gasteiger partial charge < -0.3 is 15.6 Å². The first-order chi connectivity index (χ1) is 8.06. The number of nitrogens with one attached hydrogen (secondary N) is 1. The Morgan fingerprint density at radius 2 is 2.29 bits per heavy atom. The van der Waals surface area contributed by atoms with Crippen LogP contribution >= 0.6 is 0 Å². The summed E-state index contributed by atoms with van der Waals surface area (Å²) in [6.45, 7) is 4.06. The van der Waals surface area contributed by atoms with Crippen molar-refractivity contribution in [1.29, 1.82) is 0 Å². The van der Waals surface area contributed by atoms with E-state index in [-0.39, 0.29) is 17.8 Å². The molecule has 1 amide bonds. The Morgan fingerprint density at radius 3 is 2.88 bits per heavy atom. The third-order valence-electron chi connectivity index (χ3n) is 2.85. The topological polar surface area (TPSA) is 94.0 Å². The number of carbonyl (C=O) groups is 1. The molecule has 2 rings (SSSR count). The van der Waals surface area contributed by atoms with Crippen molar-refractivity contribution in [3.63, 3.8) is 0 Å². The molecule has 17 heavy (non-hydrogen) atoms. The fourth-order valence-corrected chi connectivity index (χ4v) is 1.34. The van der Waals surface area contributed by atoms with Crippen LogP contribution in [0.15, 0.2) is 4.52 Å². The molecular weight excluding hydrogens is 220 g/mol. The lowest BCUT2D eigenvalue weighted by molar-refractivity contribution is 0.0937. The molecule has 6 heteroatoms. The van der Waals surface area contributed by atoms with Gasteiger partial charge in [0, 0.05) is 18.5 Å². The van der Waals surface area contributed by atoms with Gasteiger partial charge >= 0.3 is 0 Å². The molecule has 1 heterocycles. The molecule has 0 saturated heterocycles. The molecule has 1 aromatic heterocycles. The van der Waals surface area contributed by atoms with Crippen molar-refractivity contribution in [2.75, 3.05) is 0 Å². The Bertz CT molecular complexity index is 398. The van der Waals surface area contributed by atoms with Crippen LogP contribution in [0.1, 0.15) is 43.2 Å². The molecule has 3 N–H and O–H groups in total. The number of carbonyl (C=O) groups excluding carboxylic acids is 1. The first-order valence-electron chi connectivity index (χ1n) is 5.95. The van der Waals surface area contributed by atoms with E-state index in [4.69, 9.17) is 10.3 Å². The van der Waals surface area contributed by atoms with Crippen LogP contribution in [0.2, 0.25) is 0 Å². The predicted molar refractivity (Wildman–Crippen MR) is 61.3 cm³/mol. The van der Waals surface area contributed by atoms with Crippen LogP contribution in [-0.4, -0.2) is 28.1 Å². The van der Waals surface area contributed by atoms with Gasteiger partial charge in [-0.15, -0.1) is 0 Å². The lowest BCUT2D eigenvalue weighted by atomic mass is 10.0. The van der Waals surface area contributed by atoms with Gasteiger partial charge in [-0.2, -0.15) is 4.98 Å². The summed E-state index contributed by atoms with van der Waals surface area (Å²) in [6, 6.07) is 0.261. The van der Waals surface area contributed by atoms with Gasteiger partial charge in [0.05, 0.1) is 0 Å². The molecule has 1 aliphatic rings. The summed E-state index contributed by atoms with van der Waals surface area (Å²) in [5.74, 6) is 0.598. The molecule has 6 nitrogen and oxygen atoms in total. The van der Waals surface area contributed by atoms with Crippen LogP contribution in [0.5, 0.6) is 0 Å². The van der Waals surface area contributed by atoms with E-state index < -0.39 is 0 Å².